The highest BCUT2D eigenvalue weighted by molar-refractivity contribution is 6.24. The van der Waals surface area contributed by atoms with E-state index in [1.54, 1.807) is 24.3 Å². The van der Waals surface area contributed by atoms with E-state index in [9.17, 15) is 22.8 Å². The van der Waals surface area contributed by atoms with Crippen LogP contribution >= 0.6 is 0 Å². The highest BCUT2D eigenvalue weighted by Crippen LogP contribution is 2.33. The van der Waals surface area contributed by atoms with Crippen molar-refractivity contribution in [1.29, 1.82) is 0 Å². The number of benzene rings is 2. The molecule has 0 bridgehead atoms. The van der Waals surface area contributed by atoms with Crippen LogP contribution in [0.2, 0.25) is 0 Å². The topological polar surface area (TPSA) is 49.4 Å². The fourth-order valence-electron chi connectivity index (χ4n) is 3.41. The Balaban J connectivity index is 1.78. The number of halogens is 3. The molecule has 1 aliphatic heterocycles. The standard InChI is InChI=1S/C22H21F3N2O2/c1-15-20(21(29)26-19(28)12-11-16-7-3-2-4-8-16)18-10-6-5-9-17(18)13-27(15)14-22(23,24)25/h2-10H,11-14H2,1H3,(H,26,28,29). The molecule has 1 heterocycles. The summed E-state index contributed by atoms with van der Waals surface area (Å²) in [5, 5.41) is 2.33. The second-order valence-corrected chi connectivity index (χ2v) is 6.95. The Bertz CT molecular complexity index is 937. The molecule has 0 saturated carbocycles. The Kier molecular flexibility index (Phi) is 6.06. The first-order chi connectivity index (χ1) is 13.7. The van der Waals surface area contributed by atoms with Gasteiger partial charge in [0.2, 0.25) is 5.91 Å². The van der Waals surface area contributed by atoms with Crippen LogP contribution in [0.4, 0.5) is 13.2 Å². The average Bonchev–Trinajstić information content (AvgIpc) is 2.66. The summed E-state index contributed by atoms with van der Waals surface area (Å²) >= 11 is 0. The van der Waals surface area contributed by atoms with Crippen molar-refractivity contribution in [2.24, 2.45) is 0 Å². The monoisotopic (exact) mass is 402 g/mol. The van der Waals surface area contributed by atoms with Crippen molar-refractivity contribution in [3.8, 4) is 0 Å². The van der Waals surface area contributed by atoms with E-state index in [1.165, 1.54) is 6.92 Å². The van der Waals surface area contributed by atoms with Crippen molar-refractivity contribution < 1.29 is 22.8 Å². The Morgan fingerprint density at radius 2 is 1.69 bits per heavy atom. The minimum Gasteiger partial charge on any atom is -0.361 e. The van der Waals surface area contributed by atoms with Gasteiger partial charge in [-0.3, -0.25) is 14.9 Å². The van der Waals surface area contributed by atoms with Crippen LogP contribution in [0, 0.1) is 0 Å². The van der Waals surface area contributed by atoms with Gasteiger partial charge < -0.3 is 4.90 Å². The molecule has 3 rings (SSSR count). The Labute approximate surface area is 167 Å². The van der Waals surface area contributed by atoms with E-state index in [0.717, 1.165) is 10.5 Å². The summed E-state index contributed by atoms with van der Waals surface area (Å²) in [6.07, 6.45) is -3.83. The van der Waals surface area contributed by atoms with Crippen molar-refractivity contribution in [3.63, 3.8) is 0 Å². The summed E-state index contributed by atoms with van der Waals surface area (Å²) in [4.78, 5) is 26.2. The van der Waals surface area contributed by atoms with Crippen molar-refractivity contribution in [2.75, 3.05) is 6.54 Å². The lowest BCUT2D eigenvalue weighted by molar-refractivity contribution is -0.143. The number of hydrogen-bond acceptors (Lipinski definition) is 3. The number of rotatable bonds is 5. The zero-order valence-electron chi connectivity index (χ0n) is 15.9. The molecule has 0 saturated heterocycles. The largest absolute Gasteiger partial charge is 0.405 e. The number of fused-ring (bicyclic) bond motifs is 1. The zero-order valence-corrected chi connectivity index (χ0v) is 15.9. The fraction of sp³-hybridized carbons (Fsp3) is 0.273. The van der Waals surface area contributed by atoms with Gasteiger partial charge in [0.05, 0.1) is 5.57 Å². The summed E-state index contributed by atoms with van der Waals surface area (Å²) in [5.74, 6) is -1.15. The zero-order chi connectivity index (χ0) is 21.0. The van der Waals surface area contributed by atoms with Crippen LogP contribution in [0.5, 0.6) is 0 Å². The number of allylic oxidation sites excluding steroid dienone is 1. The van der Waals surface area contributed by atoms with Crippen molar-refractivity contribution >= 4 is 17.4 Å². The number of imide groups is 1. The SMILES string of the molecule is CC1=C(C(=O)NC(=O)CCc2ccccc2)c2ccccc2CN1CC(F)(F)F. The molecule has 0 fully saturated rings. The van der Waals surface area contributed by atoms with Crippen LogP contribution in [-0.2, 0) is 22.6 Å². The van der Waals surface area contributed by atoms with Crippen LogP contribution < -0.4 is 5.32 Å². The maximum Gasteiger partial charge on any atom is 0.405 e. The first-order valence-electron chi connectivity index (χ1n) is 9.23. The smallest absolute Gasteiger partial charge is 0.361 e. The van der Waals surface area contributed by atoms with E-state index in [2.05, 4.69) is 5.32 Å². The predicted octanol–water partition coefficient (Wildman–Crippen LogP) is 4.07. The number of aryl methyl sites for hydroxylation is 1. The lowest BCUT2D eigenvalue weighted by atomic mass is 9.93. The molecule has 0 unspecified atom stereocenters. The van der Waals surface area contributed by atoms with Crippen LogP contribution in [0.1, 0.15) is 30.0 Å². The molecule has 2 amide bonds. The lowest BCUT2D eigenvalue weighted by Crippen LogP contribution is -2.39. The normalized spacial score (nSPS) is 13.9. The molecule has 2 aromatic rings. The second-order valence-electron chi connectivity index (χ2n) is 6.95. The van der Waals surface area contributed by atoms with Gasteiger partial charge >= 0.3 is 6.18 Å². The second kappa shape index (κ2) is 8.51. The molecular weight excluding hydrogens is 381 g/mol. The molecule has 152 valence electrons. The predicted molar refractivity (Wildman–Crippen MR) is 103 cm³/mol. The summed E-state index contributed by atoms with van der Waals surface area (Å²) in [5.41, 5.74) is 2.43. The molecule has 1 N–H and O–H groups in total. The van der Waals surface area contributed by atoms with Crippen molar-refractivity contribution in [1.82, 2.24) is 10.2 Å². The molecule has 0 atom stereocenters. The molecule has 7 heteroatoms. The highest BCUT2D eigenvalue weighted by Gasteiger charge is 2.35. The number of nitrogens with one attached hydrogen (secondary N) is 1. The number of amides is 2. The number of nitrogens with zero attached hydrogens (tertiary/aromatic N) is 1. The van der Waals surface area contributed by atoms with Gasteiger partial charge in [0.25, 0.3) is 5.91 Å². The minimum atomic E-state index is -4.40. The van der Waals surface area contributed by atoms with E-state index in [0.29, 0.717) is 17.5 Å². The molecule has 0 aliphatic carbocycles. The fourth-order valence-corrected chi connectivity index (χ4v) is 3.41. The van der Waals surface area contributed by atoms with E-state index < -0.39 is 24.5 Å². The molecule has 0 spiro atoms. The Morgan fingerprint density at radius 1 is 1.03 bits per heavy atom. The molecule has 1 aliphatic rings. The first-order valence-corrected chi connectivity index (χ1v) is 9.23. The maximum absolute atomic E-state index is 13.0. The van der Waals surface area contributed by atoms with Gasteiger partial charge in [-0.05, 0) is 30.0 Å². The molecule has 0 aromatic heterocycles. The highest BCUT2D eigenvalue weighted by atomic mass is 19.4. The van der Waals surface area contributed by atoms with Gasteiger partial charge in [0.1, 0.15) is 6.54 Å². The van der Waals surface area contributed by atoms with Gasteiger partial charge in [0, 0.05) is 18.7 Å². The van der Waals surface area contributed by atoms with E-state index >= 15 is 0 Å². The first kappa shape index (κ1) is 20.6. The number of hydrogen-bond donors (Lipinski definition) is 1. The van der Waals surface area contributed by atoms with Gasteiger partial charge in [-0.2, -0.15) is 13.2 Å². The number of alkyl halides is 3. The third-order valence-electron chi connectivity index (χ3n) is 4.82. The Hall–Kier alpha value is -3.09. The number of carbonyl (C=O) groups excluding carboxylic acids is 2. The average molecular weight is 402 g/mol. The number of carbonyl (C=O) groups is 2. The van der Waals surface area contributed by atoms with Crippen molar-refractivity contribution in [3.05, 3.63) is 77.0 Å². The molecule has 0 radical (unpaired) electrons. The molecular formula is C22H21F3N2O2. The van der Waals surface area contributed by atoms with Gasteiger partial charge in [-0.25, -0.2) is 0 Å². The quantitative estimate of drug-likeness (QED) is 0.820. The lowest BCUT2D eigenvalue weighted by Gasteiger charge is -2.33. The van der Waals surface area contributed by atoms with Gasteiger partial charge in [-0.15, -0.1) is 0 Å². The van der Waals surface area contributed by atoms with Crippen LogP contribution in [0.25, 0.3) is 5.57 Å². The summed E-state index contributed by atoms with van der Waals surface area (Å²) in [6.45, 7) is 0.372. The third kappa shape index (κ3) is 5.25. The van der Waals surface area contributed by atoms with Crippen molar-refractivity contribution in [2.45, 2.75) is 32.5 Å². The summed E-state index contributed by atoms with van der Waals surface area (Å²) in [7, 11) is 0. The van der Waals surface area contributed by atoms with Crippen LogP contribution in [0.15, 0.2) is 60.3 Å². The van der Waals surface area contributed by atoms with Crippen LogP contribution in [-0.4, -0.2) is 29.4 Å². The maximum atomic E-state index is 13.0. The Morgan fingerprint density at radius 3 is 2.38 bits per heavy atom. The van der Waals surface area contributed by atoms with Crippen LogP contribution in [0.3, 0.4) is 0 Å². The molecule has 29 heavy (non-hydrogen) atoms. The molecule has 2 aromatic carbocycles. The molecule has 4 nitrogen and oxygen atoms in total. The summed E-state index contributed by atoms with van der Waals surface area (Å²) in [6, 6.07) is 16.2. The summed E-state index contributed by atoms with van der Waals surface area (Å²) < 4.78 is 38.9. The van der Waals surface area contributed by atoms with Gasteiger partial charge in [0.15, 0.2) is 0 Å². The van der Waals surface area contributed by atoms with E-state index in [4.69, 9.17) is 0 Å². The van der Waals surface area contributed by atoms with E-state index in [1.807, 2.05) is 30.3 Å². The van der Waals surface area contributed by atoms with E-state index in [-0.39, 0.29) is 24.2 Å². The third-order valence-corrected chi connectivity index (χ3v) is 4.82. The van der Waals surface area contributed by atoms with Gasteiger partial charge in [-0.1, -0.05) is 54.6 Å². The minimum absolute atomic E-state index is 0.0558.